The van der Waals surface area contributed by atoms with E-state index in [1.54, 1.807) is 0 Å². The van der Waals surface area contributed by atoms with Gasteiger partial charge in [-0.15, -0.1) is 0 Å². The number of aromatic nitrogens is 1. The highest BCUT2D eigenvalue weighted by atomic mass is 32.2. The Bertz CT molecular complexity index is 736. The maximum absolute atomic E-state index is 11.8. The van der Waals surface area contributed by atoms with Crippen molar-refractivity contribution in [2.45, 2.75) is 26.7 Å². The van der Waals surface area contributed by atoms with E-state index in [0.29, 0.717) is 16.8 Å². The van der Waals surface area contributed by atoms with Crippen LogP contribution < -0.4 is 0 Å². The fourth-order valence-electron chi connectivity index (χ4n) is 2.81. The summed E-state index contributed by atoms with van der Waals surface area (Å²) in [5.41, 5.74) is 2.77. The quantitative estimate of drug-likeness (QED) is 0.795. The average molecular weight is 352 g/mol. The lowest BCUT2D eigenvalue weighted by molar-refractivity contribution is -0.116. The molecule has 0 aromatic carbocycles. The van der Waals surface area contributed by atoms with E-state index in [9.17, 15) is 4.79 Å². The number of amidine groups is 2. The normalized spacial score (nSPS) is 16.4. The van der Waals surface area contributed by atoms with Gasteiger partial charge < -0.3 is 19.5 Å². The second-order valence-electron chi connectivity index (χ2n) is 5.63. The third kappa shape index (κ3) is 2.67. The van der Waals surface area contributed by atoms with Crippen LogP contribution in [0.5, 0.6) is 0 Å². The van der Waals surface area contributed by atoms with Gasteiger partial charge in [0, 0.05) is 5.69 Å². The lowest BCUT2D eigenvalue weighted by Crippen LogP contribution is -2.36. The topological polar surface area (TPSA) is 99.6 Å². The Labute approximate surface area is 143 Å². The van der Waals surface area contributed by atoms with Gasteiger partial charge in [-0.05, 0) is 25.7 Å². The fourth-order valence-corrected chi connectivity index (χ4v) is 3.36. The predicted molar refractivity (Wildman–Crippen MR) is 91.8 cm³/mol. The standard InChI is InChI=1S/C15H20N4O4S/c1-8-9(2)19(7-23-10(5-20)6-21)14-12(8)13-16-11(22)4-18(13)15(17-14)24-3/h10,20-21H,4-7H2,1-3H3. The van der Waals surface area contributed by atoms with E-state index >= 15 is 0 Å². The van der Waals surface area contributed by atoms with Crippen molar-refractivity contribution < 1.29 is 19.7 Å². The minimum atomic E-state index is -0.641. The summed E-state index contributed by atoms with van der Waals surface area (Å²) in [6.07, 6.45) is 1.26. The smallest absolute Gasteiger partial charge is 0.267 e. The first-order valence-electron chi connectivity index (χ1n) is 7.56. The second kappa shape index (κ2) is 6.67. The van der Waals surface area contributed by atoms with Crippen LogP contribution in [0.4, 0.5) is 5.82 Å². The Hall–Kier alpha value is -1.68. The van der Waals surface area contributed by atoms with Gasteiger partial charge in [-0.1, -0.05) is 11.8 Å². The molecule has 2 N–H and O–H groups in total. The molecule has 3 heterocycles. The summed E-state index contributed by atoms with van der Waals surface area (Å²) in [6.45, 7) is 3.76. The molecule has 0 radical (unpaired) electrons. The number of aliphatic imine (C=N–C) groups is 2. The molecule has 8 nitrogen and oxygen atoms in total. The van der Waals surface area contributed by atoms with Gasteiger partial charge in [0.05, 0.1) is 18.8 Å². The molecule has 0 atom stereocenters. The number of aliphatic hydroxyl groups excluding tert-OH is 2. The van der Waals surface area contributed by atoms with Crippen molar-refractivity contribution in [1.29, 1.82) is 0 Å². The lowest BCUT2D eigenvalue weighted by atomic mass is 10.1. The van der Waals surface area contributed by atoms with Crippen molar-refractivity contribution in [2.24, 2.45) is 9.98 Å². The molecule has 130 valence electrons. The van der Waals surface area contributed by atoms with Crippen LogP contribution in [-0.2, 0) is 16.3 Å². The third-order valence-electron chi connectivity index (χ3n) is 4.27. The lowest BCUT2D eigenvalue weighted by Gasteiger charge is -2.25. The molecule has 24 heavy (non-hydrogen) atoms. The molecule has 0 saturated carbocycles. The highest BCUT2D eigenvalue weighted by Gasteiger charge is 2.37. The number of rotatable bonds is 5. The maximum atomic E-state index is 11.8. The van der Waals surface area contributed by atoms with E-state index in [4.69, 9.17) is 14.9 Å². The number of amides is 1. The Morgan fingerprint density at radius 1 is 1.29 bits per heavy atom. The van der Waals surface area contributed by atoms with Gasteiger partial charge in [0.1, 0.15) is 31.0 Å². The molecule has 0 saturated heterocycles. The number of fused-ring (bicyclic) bond motifs is 3. The average Bonchev–Trinajstić information content (AvgIpc) is 3.07. The van der Waals surface area contributed by atoms with E-state index in [0.717, 1.165) is 16.8 Å². The predicted octanol–water partition coefficient (Wildman–Crippen LogP) is 0.385. The van der Waals surface area contributed by atoms with Gasteiger partial charge in [-0.25, -0.2) is 4.99 Å². The molecule has 1 aromatic rings. The van der Waals surface area contributed by atoms with E-state index in [1.807, 2.05) is 29.6 Å². The van der Waals surface area contributed by atoms with E-state index < -0.39 is 6.10 Å². The van der Waals surface area contributed by atoms with Gasteiger partial charge in [0.25, 0.3) is 5.91 Å². The van der Waals surface area contributed by atoms with E-state index in [-0.39, 0.29) is 32.4 Å². The van der Waals surface area contributed by atoms with Crippen molar-refractivity contribution in [3.05, 3.63) is 16.8 Å². The van der Waals surface area contributed by atoms with E-state index in [1.165, 1.54) is 11.8 Å². The van der Waals surface area contributed by atoms with Crippen molar-refractivity contribution in [3.63, 3.8) is 0 Å². The SMILES string of the molecule is CSC1=Nc2c(c(C)c(C)n2COC(CO)CO)C2=NC(=O)CN12. The number of ether oxygens (including phenoxy) is 1. The van der Waals surface area contributed by atoms with Gasteiger partial charge >= 0.3 is 0 Å². The number of carbonyl (C=O) groups excluding carboxylic acids is 1. The minimum absolute atomic E-state index is 0.153. The molecule has 2 aliphatic rings. The first-order chi connectivity index (χ1) is 11.5. The summed E-state index contributed by atoms with van der Waals surface area (Å²) in [7, 11) is 0. The Morgan fingerprint density at radius 3 is 2.62 bits per heavy atom. The molecule has 1 aromatic heterocycles. The minimum Gasteiger partial charge on any atom is -0.394 e. The van der Waals surface area contributed by atoms with Crippen molar-refractivity contribution in [2.75, 3.05) is 26.0 Å². The highest BCUT2D eigenvalue weighted by molar-refractivity contribution is 8.13. The van der Waals surface area contributed by atoms with Crippen LogP contribution in [0.3, 0.4) is 0 Å². The van der Waals surface area contributed by atoms with Crippen LogP contribution >= 0.6 is 11.8 Å². The van der Waals surface area contributed by atoms with Gasteiger partial charge in [0.15, 0.2) is 5.17 Å². The number of hydrogen-bond acceptors (Lipinski definition) is 7. The summed E-state index contributed by atoms with van der Waals surface area (Å²) in [6, 6.07) is 0. The van der Waals surface area contributed by atoms with Crippen LogP contribution in [0, 0.1) is 13.8 Å². The zero-order chi connectivity index (χ0) is 17.4. The Morgan fingerprint density at radius 2 is 2.00 bits per heavy atom. The first-order valence-corrected chi connectivity index (χ1v) is 8.79. The molecular formula is C15H20N4O4S. The van der Waals surface area contributed by atoms with Crippen LogP contribution in [0.1, 0.15) is 16.8 Å². The number of thioether (sulfide) groups is 1. The summed E-state index contributed by atoms with van der Waals surface area (Å²) >= 11 is 1.45. The Balaban J connectivity index is 2.05. The first kappa shape index (κ1) is 17.2. The molecule has 0 spiro atoms. The number of nitrogens with zero attached hydrogens (tertiary/aromatic N) is 4. The monoisotopic (exact) mass is 352 g/mol. The third-order valence-corrected chi connectivity index (χ3v) is 4.94. The molecule has 0 fully saturated rings. The van der Waals surface area contributed by atoms with Gasteiger partial charge in [0.2, 0.25) is 0 Å². The summed E-state index contributed by atoms with van der Waals surface area (Å²) in [5, 5.41) is 19.0. The molecule has 1 amide bonds. The van der Waals surface area contributed by atoms with Gasteiger partial charge in [-0.2, -0.15) is 4.99 Å². The molecule has 0 bridgehead atoms. The van der Waals surface area contributed by atoms with E-state index in [2.05, 4.69) is 9.98 Å². The molecular weight excluding hydrogens is 332 g/mol. The molecule has 9 heteroatoms. The molecule has 3 rings (SSSR count). The molecule has 0 unspecified atom stereocenters. The van der Waals surface area contributed by atoms with Crippen LogP contribution in [0.15, 0.2) is 9.98 Å². The summed E-state index contributed by atoms with van der Waals surface area (Å²) in [4.78, 5) is 22.5. The van der Waals surface area contributed by atoms with Crippen molar-refractivity contribution >= 4 is 34.5 Å². The Kier molecular flexibility index (Phi) is 4.77. The summed E-state index contributed by atoms with van der Waals surface area (Å²) in [5.74, 6) is 1.14. The maximum Gasteiger partial charge on any atom is 0.267 e. The molecule has 2 aliphatic heterocycles. The zero-order valence-corrected chi connectivity index (χ0v) is 14.6. The molecule has 0 aliphatic carbocycles. The summed E-state index contributed by atoms with van der Waals surface area (Å²) < 4.78 is 7.43. The second-order valence-corrected chi connectivity index (χ2v) is 6.41. The fraction of sp³-hybridized carbons (Fsp3) is 0.533. The number of carbonyl (C=O) groups is 1. The number of aliphatic hydroxyl groups is 2. The number of hydrogen-bond donors (Lipinski definition) is 2. The largest absolute Gasteiger partial charge is 0.394 e. The van der Waals surface area contributed by atoms with Gasteiger partial charge in [-0.3, -0.25) is 9.69 Å². The van der Waals surface area contributed by atoms with Crippen LogP contribution in [-0.4, -0.2) is 68.7 Å². The van der Waals surface area contributed by atoms with Crippen LogP contribution in [0.2, 0.25) is 0 Å². The van der Waals surface area contributed by atoms with Crippen molar-refractivity contribution in [3.8, 4) is 0 Å². The zero-order valence-electron chi connectivity index (χ0n) is 13.8. The highest BCUT2D eigenvalue weighted by Crippen LogP contribution is 2.37. The van der Waals surface area contributed by atoms with Crippen molar-refractivity contribution in [1.82, 2.24) is 9.47 Å². The van der Waals surface area contributed by atoms with Crippen LogP contribution in [0.25, 0.3) is 0 Å².